The SMILES string of the molecule is [SiH3]NCC(NC1CCCCC1)(NC1CCCCC1)NC1CCCCC1. The lowest BCUT2D eigenvalue weighted by Crippen LogP contribution is -2.76. The predicted molar refractivity (Wildman–Crippen MR) is 111 cm³/mol. The fourth-order valence-corrected chi connectivity index (χ4v) is 5.86. The lowest BCUT2D eigenvalue weighted by Gasteiger charge is -2.46. The van der Waals surface area contributed by atoms with Gasteiger partial charge in [-0.25, -0.2) is 0 Å². The largest absolute Gasteiger partial charge is 0.341 e. The highest BCUT2D eigenvalue weighted by Gasteiger charge is 2.36. The van der Waals surface area contributed by atoms with Gasteiger partial charge in [-0.2, -0.15) is 0 Å². The molecule has 0 aliphatic heterocycles. The first kappa shape index (κ1) is 19.8. The van der Waals surface area contributed by atoms with Crippen LogP contribution in [0.1, 0.15) is 96.3 Å². The molecule has 3 rings (SSSR count). The Morgan fingerprint density at radius 3 is 1.16 bits per heavy atom. The molecule has 0 spiro atoms. The summed E-state index contributed by atoms with van der Waals surface area (Å²) in [7, 11) is 1.06. The minimum Gasteiger partial charge on any atom is -0.341 e. The van der Waals surface area contributed by atoms with Crippen molar-refractivity contribution in [3.05, 3.63) is 0 Å². The van der Waals surface area contributed by atoms with Crippen molar-refractivity contribution in [3.63, 3.8) is 0 Å². The fourth-order valence-electron chi connectivity index (χ4n) is 5.33. The predicted octanol–water partition coefficient (Wildman–Crippen LogP) is 2.28. The van der Waals surface area contributed by atoms with Gasteiger partial charge in [-0.05, 0) is 38.5 Å². The van der Waals surface area contributed by atoms with Gasteiger partial charge in [0.1, 0.15) is 5.79 Å². The van der Waals surface area contributed by atoms with Crippen molar-refractivity contribution in [1.29, 1.82) is 0 Å². The van der Waals surface area contributed by atoms with Crippen LogP contribution in [-0.2, 0) is 0 Å². The van der Waals surface area contributed by atoms with E-state index in [1.165, 1.54) is 96.3 Å². The molecule has 0 heterocycles. The van der Waals surface area contributed by atoms with E-state index in [2.05, 4.69) is 20.9 Å². The maximum atomic E-state index is 4.10. The van der Waals surface area contributed by atoms with E-state index in [0.29, 0.717) is 18.1 Å². The van der Waals surface area contributed by atoms with Crippen LogP contribution in [0.2, 0.25) is 0 Å². The Morgan fingerprint density at radius 1 is 0.560 bits per heavy atom. The average molecular weight is 367 g/mol. The number of rotatable bonds is 8. The van der Waals surface area contributed by atoms with Crippen LogP contribution in [0.15, 0.2) is 0 Å². The van der Waals surface area contributed by atoms with Crippen LogP contribution in [0, 0.1) is 0 Å². The first-order valence-electron chi connectivity index (χ1n) is 11.3. The monoisotopic (exact) mass is 366 g/mol. The van der Waals surface area contributed by atoms with E-state index < -0.39 is 0 Å². The van der Waals surface area contributed by atoms with Crippen molar-refractivity contribution in [1.82, 2.24) is 20.9 Å². The van der Waals surface area contributed by atoms with Crippen molar-refractivity contribution in [2.24, 2.45) is 0 Å². The standard InChI is InChI=1S/C20H42N4Si/c25-21-16-20(22-17-10-4-1-5-11-17,23-18-12-6-2-7-13-18)24-19-14-8-3-9-15-19/h17-19,21-24H,1-16H2,25H3. The summed E-state index contributed by atoms with van der Waals surface area (Å²) in [6.45, 7) is 1.02. The Morgan fingerprint density at radius 2 is 0.880 bits per heavy atom. The van der Waals surface area contributed by atoms with E-state index in [-0.39, 0.29) is 5.79 Å². The van der Waals surface area contributed by atoms with Gasteiger partial charge in [0.25, 0.3) is 0 Å². The Bertz CT molecular complexity index is 310. The highest BCUT2D eigenvalue weighted by atomic mass is 28.2. The van der Waals surface area contributed by atoms with Gasteiger partial charge >= 0.3 is 0 Å². The van der Waals surface area contributed by atoms with Crippen LogP contribution >= 0.6 is 0 Å². The molecular formula is C20H42N4Si. The minimum absolute atomic E-state index is 0.103. The van der Waals surface area contributed by atoms with Gasteiger partial charge in [0.15, 0.2) is 0 Å². The highest BCUT2D eigenvalue weighted by Crippen LogP contribution is 2.24. The summed E-state index contributed by atoms with van der Waals surface area (Å²) in [4.78, 5) is 3.63. The zero-order chi connectivity index (χ0) is 17.4. The number of hydrogen-bond donors (Lipinski definition) is 4. The molecule has 4 N–H and O–H groups in total. The molecule has 0 bridgehead atoms. The minimum atomic E-state index is -0.103. The summed E-state index contributed by atoms with van der Waals surface area (Å²) in [5.41, 5.74) is 0. The lowest BCUT2D eigenvalue weighted by molar-refractivity contribution is 0.108. The topological polar surface area (TPSA) is 48.1 Å². The Balaban J connectivity index is 1.69. The quantitative estimate of drug-likeness (QED) is 0.393. The molecule has 0 unspecified atom stereocenters. The molecule has 25 heavy (non-hydrogen) atoms. The third kappa shape index (κ3) is 6.31. The second-order valence-electron chi connectivity index (χ2n) is 8.87. The maximum Gasteiger partial charge on any atom is 0.136 e. The molecule has 146 valence electrons. The van der Waals surface area contributed by atoms with Crippen molar-refractivity contribution >= 4 is 10.4 Å². The molecule has 4 nitrogen and oxygen atoms in total. The molecule has 0 atom stereocenters. The summed E-state index contributed by atoms with van der Waals surface area (Å²) in [6, 6.07) is 2.03. The molecule has 3 aliphatic carbocycles. The van der Waals surface area contributed by atoms with E-state index >= 15 is 0 Å². The zero-order valence-electron chi connectivity index (χ0n) is 16.5. The normalized spacial score (nSPS) is 25.4. The summed E-state index contributed by atoms with van der Waals surface area (Å²) >= 11 is 0. The second-order valence-corrected chi connectivity index (χ2v) is 9.58. The van der Waals surface area contributed by atoms with E-state index in [9.17, 15) is 0 Å². The second kappa shape index (κ2) is 10.4. The molecule has 0 aromatic heterocycles. The Kier molecular flexibility index (Phi) is 8.25. The van der Waals surface area contributed by atoms with Crippen molar-refractivity contribution in [3.8, 4) is 0 Å². The van der Waals surface area contributed by atoms with Gasteiger partial charge in [-0.3, -0.25) is 16.0 Å². The third-order valence-electron chi connectivity index (χ3n) is 6.61. The highest BCUT2D eigenvalue weighted by molar-refractivity contribution is 6.04. The van der Waals surface area contributed by atoms with Crippen molar-refractivity contribution in [2.75, 3.05) is 6.54 Å². The molecule has 5 heteroatoms. The smallest absolute Gasteiger partial charge is 0.136 e. The molecule has 3 aliphatic rings. The van der Waals surface area contributed by atoms with Crippen LogP contribution in [0.25, 0.3) is 0 Å². The first-order valence-corrected chi connectivity index (χ1v) is 12.3. The molecule has 0 radical (unpaired) electrons. The van der Waals surface area contributed by atoms with Gasteiger partial charge in [0.05, 0.1) is 10.4 Å². The third-order valence-corrected chi connectivity index (χ3v) is 6.96. The van der Waals surface area contributed by atoms with Gasteiger partial charge in [-0.1, -0.05) is 57.8 Å². The molecule has 0 saturated heterocycles. The number of nitrogens with one attached hydrogen (secondary N) is 4. The van der Waals surface area contributed by atoms with E-state index in [0.717, 1.165) is 16.9 Å². The van der Waals surface area contributed by atoms with Crippen LogP contribution in [-0.4, -0.2) is 40.9 Å². The number of hydrogen-bond acceptors (Lipinski definition) is 4. The van der Waals surface area contributed by atoms with Gasteiger partial charge in [0, 0.05) is 24.7 Å². The summed E-state index contributed by atoms with van der Waals surface area (Å²) in [5.74, 6) is -0.103. The molecular weight excluding hydrogens is 324 g/mol. The summed E-state index contributed by atoms with van der Waals surface area (Å²) in [6.07, 6.45) is 20.8. The maximum absolute atomic E-state index is 4.10. The molecule has 3 saturated carbocycles. The Hall–Kier alpha value is 0.0569. The van der Waals surface area contributed by atoms with Crippen molar-refractivity contribution < 1.29 is 0 Å². The average Bonchev–Trinajstić information content (AvgIpc) is 2.64. The van der Waals surface area contributed by atoms with E-state index in [1.54, 1.807) is 0 Å². The zero-order valence-corrected chi connectivity index (χ0v) is 18.5. The molecule has 0 aromatic carbocycles. The van der Waals surface area contributed by atoms with Crippen LogP contribution in [0.4, 0.5) is 0 Å². The Labute approximate surface area is 158 Å². The van der Waals surface area contributed by atoms with E-state index in [1.807, 2.05) is 0 Å². The lowest BCUT2D eigenvalue weighted by atomic mass is 9.91. The van der Waals surface area contributed by atoms with Gasteiger partial charge in [-0.15, -0.1) is 0 Å². The van der Waals surface area contributed by atoms with Crippen LogP contribution in [0.3, 0.4) is 0 Å². The van der Waals surface area contributed by atoms with Crippen LogP contribution in [0.5, 0.6) is 0 Å². The fraction of sp³-hybridized carbons (Fsp3) is 1.00. The van der Waals surface area contributed by atoms with Crippen LogP contribution < -0.4 is 20.9 Å². The molecule has 3 fully saturated rings. The summed E-state index contributed by atoms with van der Waals surface area (Å²) < 4.78 is 0. The van der Waals surface area contributed by atoms with E-state index in [4.69, 9.17) is 0 Å². The molecule has 0 amide bonds. The first-order chi connectivity index (χ1) is 12.3. The van der Waals surface area contributed by atoms with Gasteiger partial charge in [0.2, 0.25) is 0 Å². The van der Waals surface area contributed by atoms with Gasteiger partial charge < -0.3 is 4.98 Å². The molecule has 0 aromatic rings. The van der Waals surface area contributed by atoms with Crippen molar-refractivity contribution in [2.45, 2.75) is 120 Å². The summed E-state index contributed by atoms with van der Waals surface area (Å²) in [5, 5.41) is 12.3.